The van der Waals surface area contributed by atoms with Crippen molar-refractivity contribution in [2.75, 3.05) is 6.54 Å². The number of hydrogen-bond acceptors (Lipinski definition) is 4. The number of fused-ring (bicyclic) bond motifs is 1. The van der Waals surface area contributed by atoms with Crippen LogP contribution in [0.5, 0.6) is 0 Å². The monoisotopic (exact) mass is 337 g/mol. The predicted octanol–water partition coefficient (Wildman–Crippen LogP) is 1.59. The first-order chi connectivity index (χ1) is 10.7. The second-order valence-corrected chi connectivity index (χ2v) is 6.09. The minimum Gasteiger partial charge on any atom is -0.480 e. The number of nitrogens with one attached hydrogen (secondary N) is 1. The van der Waals surface area contributed by atoms with Gasteiger partial charge < -0.3 is 10.4 Å². The fourth-order valence-corrected chi connectivity index (χ4v) is 2.95. The van der Waals surface area contributed by atoms with Gasteiger partial charge in [0.15, 0.2) is 17.5 Å². The first kappa shape index (κ1) is 17.1. The van der Waals surface area contributed by atoms with Crippen LogP contribution in [-0.4, -0.2) is 35.1 Å². The van der Waals surface area contributed by atoms with Crippen molar-refractivity contribution in [3.63, 3.8) is 0 Å². The molecular weight excluding hydrogens is 322 g/mol. The van der Waals surface area contributed by atoms with Crippen molar-refractivity contribution >= 4 is 35.0 Å². The number of carboxylic acids is 1. The average Bonchev–Trinajstić information content (AvgIpc) is 2.50. The third-order valence-electron chi connectivity index (χ3n) is 4.29. The quantitative estimate of drug-likeness (QED) is 0.812. The van der Waals surface area contributed by atoms with Crippen LogP contribution in [0.2, 0.25) is 5.02 Å². The standard InChI is InChI=1S/C16H16ClNO5/c1-3-16(2)10-6-8(17)4-5-9(10)13(21)12(14(16)22)15(23)18-7-11(19)20/h4-6,12H,3,7H2,1-2H3,(H,18,23)(H,19,20). The number of aliphatic carboxylic acids is 1. The van der Waals surface area contributed by atoms with E-state index in [0.29, 0.717) is 17.0 Å². The highest BCUT2D eigenvalue weighted by molar-refractivity contribution is 6.32. The summed E-state index contributed by atoms with van der Waals surface area (Å²) in [7, 11) is 0. The molecule has 0 bridgehead atoms. The molecule has 1 aromatic carbocycles. The van der Waals surface area contributed by atoms with E-state index in [2.05, 4.69) is 5.32 Å². The van der Waals surface area contributed by atoms with Gasteiger partial charge in [-0.2, -0.15) is 0 Å². The number of benzene rings is 1. The van der Waals surface area contributed by atoms with E-state index in [4.69, 9.17) is 16.7 Å². The lowest BCUT2D eigenvalue weighted by Crippen LogP contribution is -2.52. The Kier molecular flexibility index (Phi) is 4.56. The van der Waals surface area contributed by atoms with Gasteiger partial charge in [-0.05, 0) is 37.1 Å². The van der Waals surface area contributed by atoms with Gasteiger partial charge in [0.1, 0.15) is 6.54 Å². The van der Waals surface area contributed by atoms with Crippen LogP contribution in [0, 0.1) is 5.92 Å². The van der Waals surface area contributed by atoms with Crippen molar-refractivity contribution in [2.24, 2.45) is 5.92 Å². The molecule has 6 nitrogen and oxygen atoms in total. The van der Waals surface area contributed by atoms with Crippen molar-refractivity contribution in [3.05, 3.63) is 34.3 Å². The second-order valence-electron chi connectivity index (χ2n) is 5.65. The van der Waals surface area contributed by atoms with Crippen LogP contribution in [-0.2, 0) is 19.8 Å². The third-order valence-corrected chi connectivity index (χ3v) is 4.53. The summed E-state index contributed by atoms with van der Waals surface area (Å²) < 4.78 is 0. The predicted molar refractivity (Wildman–Crippen MR) is 82.6 cm³/mol. The summed E-state index contributed by atoms with van der Waals surface area (Å²) in [5.74, 6) is -4.84. The first-order valence-electron chi connectivity index (χ1n) is 7.10. The first-order valence-corrected chi connectivity index (χ1v) is 7.48. The van der Waals surface area contributed by atoms with E-state index in [1.165, 1.54) is 12.1 Å². The smallest absolute Gasteiger partial charge is 0.322 e. The summed E-state index contributed by atoms with van der Waals surface area (Å²) in [5, 5.41) is 11.1. The van der Waals surface area contributed by atoms with Gasteiger partial charge in [0.05, 0.1) is 5.41 Å². The highest BCUT2D eigenvalue weighted by Gasteiger charge is 2.50. The number of carboxylic acid groups (broad SMARTS) is 1. The number of hydrogen-bond donors (Lipinski definition) is 2. The lowest BCUT2D eigenvalue weighted by atomic mass is 9.64. The van der Waals surface area contributed by atoms with E-state index in [-0.39, 0.29) is 5.56 Å². The highest BCUT2D eigenvalue weighted by atomic mass is 35.5. The molecule has 2 N–H and O–H groups in total. The molecular formula is C16H16ClNO5. The van der Waals surface area contributed by atoms with E-state index >= 15 is 0 Å². The molecule has 1 aromatic rings. The number of rotatable bonds is 4. The van der Waals surface area contributed by atoms with Crippen molar-refractivity contribution in [1.29, 1.82) is 0 Å². The maximum atomic E-state index is 12.8. The lowest BCUT2D eigenvalue weighted by Gasteiger charge is -2.36. The molecule has 1 aliphatic rings. The van der Waals surface area contributed by atoms with Crippen LogP contribution in [0.4, 0.5) is 0 Å². The Bertz CT molecular complexity index is 714. The van der Waals surface area contributed by atoms with Gasteiger partial charge in [-0.3, -0.25) is 19.2 Å². The van der Waals surface area contributed by atoms with Gasteiger partial charge >= 0.3 is 5.97 Å². The molecule has 2 unspecified atom stereocenters. The molecule has 2 rings (SSSR count). The second kappa shape index (κ2) is 6.12. The molecule has 0 saturated heterocycles. The van der Waals surface area contributed by atoms with Crippen LogP contribution in [0.3, 0.4) is 0 Å². The molecule has 23 heavy (non-hydrogen) atoms. The molecule has 0 radical (unpaired) electrons. The Hall–Kier alpha value is -2.21. The van der Waals surface area contributed by atoms with Crippen molar-refractivity contribution < 1.29 is 24.3 Å². The van der Waals surface area contributed by atoms with Gasteiger partial charge in [-0.15, -0.1) is 0 Å². The number of carbonyl (C=O) groups is 4. The van der Waals surface area contributed by atoms with Gasteiger partial charge in [-0.25, -0.2) is 0 Å². The number of ketones is 2. The Labute approximate surface area is 137 Å². The highest BCUT2D eigenvalue weighted by Crippen LogP contribution is 2.40. The molecule has 0 spiro atoms. The molecule has 0 aromatic heterocycles. The molecule has 1 amide bonds. The molecule has 7 heteroatoms. The fraction of sp³-hybridized carbons (Fsp3) is 0.375. The maximum absolute atomic E-state index is 12.8. The summed E-state index contributed by atoms with van der Waals surface area (Å²) in [6, 6.07) is 4.59. The van der Waals surface area contributed by atoms with Crippen molar-refractivity contribution in [2.45, 2.75) is 25.7 Å². The summed E-state index contributed by atoms with van der Waals surface area (Å²) in [6.45, 7) is 2.80. The van der Waals surface area contributed by atoms with Gasteiger partial charge in [-0.1, -0.05) is 18.5 Å². The molecule has 2 atom stereocenters. The summed E-state index contributed by atoms with van der Waals surface area (Å²) >= 11 is 5.97. The lowest BCUT2D eigenvalue weighted by molar-refractivity contribution is -0.140. The van der Waals surface area contributed by atoms with Crippen LogP contribution in [0.15, 0.2) is 18.2 Å². The van der Waals surface area contributed by atoms with Crippen LogP contribution >= 0.6 is 11.6 Å². The summed E-state index contributed by atoms with van der Waals surface area (Å²) in [4.78, 5) is 48.1. The number of carbonyl (C=O) groups excluding carboxylic acids is 3. The van der Waals surface area contributed by atoms with Crippen LogP contribution in [0.1, 0.15) is 36.2 Å². The minimum absolute atomic E-state index is 0.272. The SMILES string of the molecule is CCC1(C)C(=O)C(C(=O)NCC(=O)O)C(=O)c2ccc(Cl)cc21. The maximum Gasteiger partial charge on any atom is 0.322 e. The Morgan fingerprint density at radius 3 is 2.57 bits per heavy atom. The molecule has 1 aliphatic carbocycles. The van der Waals surface area contributed by atoms with Gasteiger partial charge in [0.25, 0.3) is 0 Å². The normalized spacial score (nSPS) is 23.3. The summed E-state index contributed by atoms with van der Waals surface area (Å²) in [5.41, 5.74) is -0.252. The molecule has 0 heterocycles. The minimum atomic E-state index is -1.53. The van der Waals surface area contributed by atoms with Gasteiger partial charge in [0, 0.05) is 10.6 Å². The molecule has 0 saturated carbocycles. The Morgan fingerprint density at radius 1 is 1.35 bits per heavy atom. The third kappa shape index (κ3) is 2.86. The zero-order chi connectivity index (χ0) is 17.4. The Morgan fingerprint density at radius 2 is 2.00 bits per heavy atom. The van der Waals surface area contributed by atoms with E-state index in [1.54, 1.807) is 19.9 Å². The Balaban J connectivity index is 2.51. The number of Topliss-reactive ketones (excluding diaryl/α,β-unsaturated/α-hetero) is 2. The van der Waals surface area contributed by atoms with Crippen LogP contribution in [0.25, 0.3) is 0 Å². The molecule has 122 valence electrons. The van der Waals surface area contributed by atoms with Crippen LogP contribution < -0.4 is 5.32 Å². The summed E-state index contributed by atoms with van der Waals surface area (Å²) in [6.07, 6.45) is 0.384. The number of amides is 1. The van der Waals surface area contributed by atoms with E-state index in [1.807, 2.05) is 0 Å². The fourth-order valence-electron chi connectivity index (χ4n) is 2.78. The molecule has 0 aliphatic heterocycles. The van der Waals surface area contributed by atoms with E-state index in [9.17, 15) is 19.2 Å². The van der Waals surface area contributed by atoms with Crippen molar-refractivity contribution in [3.8, 4) is 0 Å². The van der Waals surface area contributed by atoms with Gasteiger partial charge in [0.2, 0.25) is 5.91 Å². The van der Waals surface area contributed by atoms with Crippen molar-refractivity contribution in [1.82, 2.24) is 5.32 Å². The topological polar surface area (TPSA) is 101 Å². The zero-order valence-electron chi connectivity index (χ0n) is 12.7. The largest absolute Gasteiger partial charge is 0.480 e. The molecule has 0 fully saturated rings. The average molecular weight is 338 g/mol. The number of halogens is 1. The zero-order valence-corrected chi connectivity index (χ0v) is 13.4. The van der Waals surface area contributed by atoms with E-state index in [0.717, 1.165) is 0 Å². The van der Waals surface area contributed by atoms with E-state index < -0.39 is 41.3 Å².